The summed E-state index contributed by atoms with van der Waals surface area (Å²) in [7, 11) is 0. The van der Waals surface area contributed by atoms with Gasteiger partial charge in [0.15, 0.2) is 0 Å². The summed E-state index contributed by atoms with van der Waals surface area (Å²) in [5, 5.41) is 0. The molecular weight excluding hydrogens is 184 g/mol. The largest absolute Gasteiger partial charge is 0.328 e. The predicted molar refractivity (Wildman–Crippen MR) is 65.8 cm³/mol. The lowest BCUT2D eigenvalue weighted by molar-refractivity contribution is 0.564. The van der Waals surface area contributed by atoms with Gasteiger partial charge in [-0.1, -0.05) is 17.7 Å². The first kappa shape index (κ1) is 12.2. The molecule has 2 nitrogen and oxygen atoms in total. The van der Waals surface area contributed by atoms with E-state index in [4.69, 9.17) is 11.5 Å². The van der Waals surface area contributed by atoms with Gasteiger partial charge in [-0.2, -0.15) is 0 Å². The van der Waals surface area contributed by atoms with Crippen LogP contribution in [0, 0.1) is 20.8 Å². The van der Waals surface area contributed by atoms with Gasteiger partial charge in [-0.25, -0.2) is 0 Å². The molecule has 0 saturated carbocycles. The maximum absolute atomic E-state index is 6.17. The summed E-state index contributed by atoms with van der Waals surface area (Å²) in [6.45, 7) is 8.35. The fraction of sp³-hybridized carbons (Fsp3) is 0.538. The van der Waals surface area contributed by atoms with Gasteiger partial charge in [0.25, 0.3) is 0 Å². The molecule has 4 N–H and O–H groups in total. The minimum absolute atomic E-state index is 0.0607. The Balaban J connectivity index is 3.03. The SMILES string of the molecule is Cc1cc(C)c(C(N)CC(C)N)c(C)c1. The first-order chi connectivity index (χ1) is 6.91. The van der Waals surface area contributed by atoms with E-state index in [0.717, 1.165) is 6.42 Å². The molecule has 15 heavy (non-hydrogen) atoms. The smallest absolute Gasteiger partial charge is 0.0314 e. The Morgan fingerprint density at radius 2 is 1.53 bits per heavy atom. The highest BCUT2D eigenvalue weighted by Gasteiger charge is 2.13. The molecular formula is C13H22N2. The Bertz CT molecular complexity index is 319. The van der Waals surface area contributed by atoms with Crippen LogP contribution in [0.5, 0.6) is 0 Å². The summed E-state index contributed by atoms with van der Waals surface area (Å²) < 4.78 is 0. The van der Waals surface area contributed by atoms with E-state index < -0.39 is 0 Å². The zero-order valence-corrected chi connectivity index (χ0v) is 10.2. The molecule has 0 aliphatic rings. The van der Waals surface area contributed by atoms with Crippen LogP contribution in [-0.2, 0) is 0 Å². The molecule has 0 fully saturated rings. The number of hydrogen-bond donors (Lipinski definition) is 2. The molecule has 2 atom stereocenters. The van der Waals surface area contributed by atoms with Crippen molar-refractivity contribution < 1.29 is 0 Å². The summed E-state index contributed by atoms with van der Waals surface area (Å²) >= 11 is 0. The van der Waals surface area contributed by atoms with Gasteiger partial charge >= 0.3 is 0 Å². The van der Waals surface area contributed by atoms with Crippen molar-refractivity contribution in [3.05, 3.63) is 34.4 Å². The Morgan fingerprint density at radius 3 is 1.93 bits per heavy atom. The highest BCUT2D eigenvalue weighted by Crippen LogP contribution is 2.24. The second kappa shape index (κ2) is 4.77. The summed E-state index contributed by atoms with van der Waals surface area (Å²) in [4.78, 5) is 0. The summed E-state index contributed by atoms with van der Waals surface area (Å²) in [5.74, 6) is 0. The molecule has 0 heterocycles. The lowest BCUT2D eigenvalue weighted by Crippen LogP contribution is -2.24. The van der Waals surface area contributed by atoms with Crippen molar-refractivity contribution in [3.63, 3.8) is 0 Å². The lowest BCUT2D eigenvalue weighted by Gasteiger charge is -2.19. The number of nitrogens with two attached hydrogens (primary N) is 2. The average Bonchev–Trinajstić information content (AvgIpc) is 1.99. The summed E-state index contributed by atoms with van der Waals surface area (Å²) in [5.41, 5.74) is 17.1. The van der Waals surface area contributed by atoms with Crippen LogP contribution >= 0.6 is 0 Å². The third-order valence-corrected chi connectivity index (χ3v) is 2.73. The number of rotatable bonds is 3. The molecule has 0 aromatic heterocycles. The lowest BCUT2D eigenvalue weighted by atomic mass is 9.91. The van der Waals surface area contributed by atoms with Crippen LogP contribution in [0.2, 0.25) is 0 Å². The van der Waals surface area contributed by atoms with E-state index in [9.17, 15) is 0 Å². The van der Waals surface area contributed by atoms with Crippen molar-refractivity contribution in [2.24, 2.45) is 11.5 Å². The Kier molecular flexibility index (Phi) is 3.89. The average molecular weight is 206 g/mol. The quantitative estimate of drug-likeness (QED) is 0.797. The monoisotopic (exact) mass is 206 g/mol. The van der Waals surface area contributed by atoms with Gasteiger partial charge < -0.3 is 11.5 Å². The Hall–Kier alpha value is -0.860. The first-order valence-corrected chi connectivity index (χ1v) is 5.50. The third kappa shape index (κ3) is 3.05. The van der Waals surface area contributed by atoms with Crippen LogP contribution in [0.25, 0.3) is 0 Å². The predicted octanol–water partition coefficient (Wildman–Crippen LogP) is 2.35. The third-order valence-electron chi connectivity index (χ3n) is 2.73. The van der Waals surface area contributed by atoms with E-state index in [2.05, 4.69) is 32.9 Å². The molecule has 84 valence electrons. The number of hydrogen-bond acceptors (Lipinski definition) is 2. The standard InChI is InChI=1S/C13H22N2/c1-8-5-9(2)13(10(3)6-8)12(15)7-11(4)14/h5-6,11-12H,7,14-15H2,1-4H3. The van der Waals surface area contributed by atoms with Crippen LogP contribution in [0.3, 0.4) is 0 Å². The maximum atomic E-state index is 6.17. The molecule has 1 aromatic rings. The molecule has 0 spiro atoms. The summed E-state index contributed by atoms with van der Waals surface area (Å²) in [6.07, 6.45) is 0.838. The molecule has 0 aliphatic heterocycles. The molecule has 0 radical (unpaired) electrons. The van der Waals surface area contributed by atoms with Gasteiger partial charge in [0.05, 0.1) is 0 Å². The highest BCUT2D eigenvalue weighted by molar-refractivity contribution is 5.39. The minimum Gasteiger partial charge on any atom is -0.328 e. The molecule has 0 bridgehead atoms. The van der Waals surface area contributed by atoms with Crippen molar-refractivity contribution >= 4 is 0 Å². The molecule has 2 unspecified atom stereocenters. The zero-order valence-electron chi connectivity index (χ0n) is 10.2. The van der Waals surface area contributed by atoms with Crippen molar-refractivity contribution in [1.29, 1.82) is 0 Å². The zero-order chi connectivity index (χ0) is 11.6. The molecule has 0 saturated heterocycles. The molecule has 2 heteroatoms. The van der Waals surface area contributed by atoms with Crippen LogP contribution in [0.1, 0.15) is 41.6 Å². The number of benzene rings is 1. The minimum atomic E-state index is 0.0607. The van der Waals surface area contributed by atoms with E-state index >= 15 is 0 Å². The van der Waals surface area contributed by atoms with Gasteiger partial charge in [0.2, 0.25) is 0 Å². The van der Waals surface area contributed by atoms with Crippen molar-refractivity contribution in [1.82, 2.24) is 0 Å². The maximum Gasteiger partial charge on any atom is 0.0314 e. The van der Waals surface area contributed by atoms with Crippen LogP contribution in [-0.4, -0.2) is 6.04 Å². The Labute approximate surface area is 92.7 Å². The molecule has 0 amide bonds. The second-order valence-electron chi connectivity index (χ2n) is 4.63. The second-order valence-corrected chi connectivity index (χ2v) is 4.63. The fourth-order valence-electron chi connectivity index (χ4n) is 2.29. The first-order valence-electron chi connectivity index (χ1n) is 5.50. The van der Waals surface area contributed by atoms with Gasteiger partial charge in [0, 0.05) is 12.1 Å². The van der Waals surface area contributed by atoms with E-state index in [0.29, 0.717) is 0 Å². The van der Waals surface area contributed by atoms with Crippen LogP contribution in [0.15, 0.2) is 12.1 Å². The topological polar surface area (TPSA) is 52.0 Å². The summed E-state index contributed by atoms with van der Waals surface area (Å²) in [6, 6.07) is 4.58. The molecule has 0 aliphatic carbocycles. The highest BCUT2D eigenvalue weighted by atomic mass is 14.7. The molecule has 1 aromatic carbocycles. The van der Waals surface area contributed by atoms with Gasteiger partial charge in [-0.15, -0.1) is 0 Å². The fourth-order valence-corrected chi connectivity index (χ4v) is 2.29. The van der Waals surface area contributed by atoms with E-state index in [1.54, 1.807) is 0 Å². The van der Waals surface area contributed by atoms with Gasteiger partial charge in [0.1, 0.15) is 0 Å². The van der Waals surface area contributed by atoms with E-state index in [1.165, 1.54) is 22.3 Å². The van der Waals surface area contributed by atoms with E-state index in [-0.39, 0.29) is 12.1 Å². The Morgan fingerprint density at radius 1 is 1.07 bits per heavy atom. The van der Waals surface area contributed by atoms with Crippen LogP contribution < -0.4 is 11.5 Å². The van der Waals surface area contributed by atoms with E-state index in [1.807, 2.05) is 6.92 Å². The normalized spacial score (nSPS) is 15.1. The van der Waals surface area contributed by atoms with Gasteiger partial charge in [-0.3, -0.25) is 0 Å². The van der Waals surface area contributed by atoms with Crippen LogP contribution in [0.4, 0.5) is 0 Å². The molecule has 1 rings (SSSR count). The van der Waals surface area contributed by atoms with Crippen molar-refractivity contribution in [3.8, 4) is 0 Å². The van der Waals surface area contributed by atoms with Gasteiger partial charge in [-0.05, 0) is 50.8 Å². The van der Waals surface area contributed by atoms with Crippen molar-refractivity contribution in [2.75, 3.05) is 0 Å². The number of aryl methyl sites for hydroxylation is 3. The van der Waals surface area contributed by atoms with Crippen molar-refractivity contribution in [2.45, 2.75) is 46.2 Å².